The largest absolute Gasteiger partial charge is 0.482 e. The molecule has 2 N–H and O–H groups in total. The van der Waals surface area contributed by atoms with Gasteiger partial charge in [-0.3, -0.25) is 14.4 Å². The minimum Gasteiger partial charge on any atom is -0.482 e. The standard InChI is InChI=1S/C27H32N2O4/c1-20(30)18-25(31)28-16-10-5-11-17-29-26(32)24-19-27(33-21(24)2,22-12-6-3-7-13-22)23-14-8-4-9-15-23/h3-4,6-9,12-15H,5,10-11,16-19H2,1-2H3,(H,28,31)(H,29,32). The first kappa shape index (κ1) is 24.2. The van der Waals surface area contributed by atoms with Crippen LogP contribution in [0.3, 0.4) is 0 Å². The monoisotopic (exact) mass is 448 g/mol. The molecule has 0 aromatic heterocycles. The number of carbonyl (C=O) groups is 3. The Morgan fingerprint density at radius 1 is 0.848 bits per heavy atom. The van der Waals surface area contributed by atoms with Gasteiger partial charge in [0.1, 0.15) is 11.5 Å². The number of unbranched alkanes of at least 4 members (excludes halogenated alkanes) is 2. The highest BCUT2D eigenvalue weighted by Crippen LogP contribution is 2.46. The Labute approximate surface area is 195 Å². The quantitative estimate of drug-likeness (QED) is 0.402. The summed E-state index contributed by atoms with van der Waals surface area (Å²) in [5, 5.41) is 5.75. The fraction of sp³-hybridized carbons (Fsp3) is 0.370. The summed E-state index contributed by atoms with van der Waals surface area (Å²) in [5.41, 5.74) is 1.99. The molecule has 3 rings (SSSR count). The summed E-state index contributed by atoms with van der Waals surface area (Å²) in [6.45, 7) is 4.35. The van der Waals surface area contributed by atoms with Crippen LogP contribution in [0.2, 0.25) is 0 Å². The summed E-state index contributed by atoms with van der Waals surface area (Å²) in [4.78, 5) is 35.3. The Hall–Kier alpha value is -3.41. The molecule has 0 saturated heterocycles. The van der Waals surface area contributed by atoms with Crippen molar-refractivity contribution in [3.63, 3.8) is 0 Å². The van der Waals surface area contributed by atoms with Crippen molar-refractivity contribution in [3.8, 4) is 0 Å². The maximum Gasteiger partial charge on any atom is 0.250 e. The van der Waals surface area contributed by atoms with E-state index in [4.69, 9.17) is 4.74 Å². The van der Waals surface area contributed by atoms with E-state index >= 15 is 0 Å². The number of rotatable bonds is 11. The van der Waals surface area contributed by atoms with Crippen molar-refractivity contribution in [1.82, 2.24) is 10.6 Å². The normalized spacial score (nSPS) is 14.5. The van der Waals surface area contributed by atoms with Gasteiger partial charge in [0.2, 0.25) is 5.91 Å². The molecule has 6 heteroatoms. The molecule has 0 unspecified atom stereocenters. The van der Waals surface area contributed by atoms with Crippen molar-refractivity contribution in [3.05, 3.63) is 83.1 Å². The fourth-order valence-corrected chi connectivity index (χ4v) is 4.13. The lowest BCUT2D eigenvalue weighted by Gasteiger charge is -2.31. The van der Waals surface area contributed by atoms with Gasteiger partial charge in [0.25, 0.3) is 5.91 Å². The van der Waals surface area contributed by atoms with E-state index in [1.54, 1.807) is 0 Å². The molecule has 1 aliphatic rings. The Kier molecular flexibility index (Phi) is 8.41. The number of ether oxygens (including phenoxy) is 1. The van der Waals surface area contributed by atoms with E-state index in [0.29, 0.717) is 30.8 Å². The summed E-state index contributed by atoms with van der Waals surface area (Å²) in [6, 6.07) is 20.0. The molecule has 0 radical (unpaired) electrons. The fourth-order valence-electron chi connectivity index (χ4n) is 4.13. The van der Waals surface area contributed by atoms with Gasteiger partial charge in [-0.2, -0.15) is 0 Å². The lowest BCUT2D eigenvalue weighted by molar-refractivity contribution is -0.127. The third-order valence-corrected chi connectivity index (χ3v) is 5.80. The van der Waals surface area contributed by atoms with Gasteiger partial charge >= 0.3 is 0 Å². The number of hydrogen-bond acceptors (Lipinski definition) is 4. The maximum atomic E-state index is 12.9. The molecule has 0 saturated carbocycles. The van der Waals surface area contributed by atoms with Crippen LogP contribution in [-0.4, -0.2) is 30.7 Å². The van der Waals surface area contributed by atoms with Crippen molar-refractivity contribution in [2.24, 2.45) is 0 Å². The number of allylic oxidation sites excluding steroid dienone is 1. The van der Waals surface area contributed by atoms with Gasteiger partial charge in [0.15, 0.2) is 5.60 Å². The molecular weight excluding hydrogens is 416 g/mol. The number of benzene rings is 2. The van der Waals surface area contributed by atoms with Gasteiger partial charge in [-0.05, 0) is 33.1 Å². The van der Waals surface area contributed by atoms with E-state index in [1.807, 2.05) is 67.6 Å². The van der Waals surface area contributed by atoms with Gasteiger partial charge in [-0.15, -0.1) is 0 Å². The van der Waals surface area contributed by atoms with Crippen molar-refractivity contribution < 1.29 is 19.1 Å². The highest BCUT2D eigenvalue weighted by molar-refractivity contribution is 5.96. The first-order valence-corrected chi connectivity index (χ1v) is 11.5. The van der Waals surface area contributed by atoms with Crippen LogP contribution < -0.4 is 10.6 Å². The number of Topliss-reactive ketones (excluding diaryl/α,β-unsaturated/α-hetero) is 1. The van der Waals surface area contributed by atoms with E-state index in [-0.39, 0.29) is 24.0 Å². The third kappa shape index (κ3) is 6.31. The second-order valence-corrected chi connectivity index (χ2v) is 8.42. The van der Waals surface area contributed by atoms with Gasteiger partial charge < -0.3 is 15.4 Å². The van der Waals surface area contributed by atoms with Gasteiger partial charge in [-0.1, -0.05) is 60.7 Å². The molecule has 0 fully saturated rings. The zero-order valence-electron chi connectivity index (χ0n) is 19.4. The first-order valence-electron chi connectivity index (χ1n) is 11.5. The van der Waals surface area contributed by atoms with Crippen molar-refractivity contribution in [2.75, 3.05) is 13.1 Å². The van der Waals surface area contributed by atoms with E-state index in [9.17, 15) is 14.4 Å². The van der Waals surface area contributed by atoms with Crippen LogP contribution in [0.5, 0.6) is 0 Å². The highest BCUT2D eigenvalue weighted by atomic mass is 16.5. The summed E-state index contributed by atoms with van der Waals surface area (Å²) in [7, 11) is 0. The molecule has 2 aromatic rings. The predicted octanol–water partition coefficient (Wildman–Crippen LogP) is 4.01. The van der Waals surface area contributed by atoms with Crippen LogP contribution in [-0.2, 0) is 24.7 Å². The molecule has 33 heavy (non-hydrogen) atoms. The number of hydrogen-bond donors (Lipinski definition) is 2. The third-order valence-electron chi connectivity index (χ3n) is 5.80. The minimum atomic E-state index is -0.711. The molecule has 6 nitrogen and oxygen atoms in total. The van der Waals surface area contributed by atoms with Crippen molar-refractivity contribution in [2.45, 2.75) is 51.6 Å². The smallest absolute Gasteiger partial charge is 0.250 e. The molecule has 174 valence electrons. The Bertz CT molecular complexity index is 960. The number of amides is 2. The van der Waals surface area contributed by atoms with E-state index in [1.165, 1.54) is 6.92 Å². The predicted molar refractivity (Wildman–Crippen MR) is 127 cm³/mol. The van der Waals surface area contributed by atoms with Crippen molar-refractivity contribution in [1.29, 1.82) is 0 Å². The molecule has 0 aliphatic carbocycles. The Morgan fingerprint density at radius 3 is 1.94 bits per heavy atom. The lowest BCUT2D eigenvalue weighted by atomic mass is 9.82. The SMILES string of the molecule is CC(=O)CC(=O)NCCCCCNC(=O)C1=C(C)OC(c2ccccc2)(c2ccccc2)C1. The molecule has 0 spiro atoms. The van der Waals surface area contributed by atoms with Crippen molar-refractivity contribution >= 4 is 17.6 Å². The molecule has 1 aliphatic heterocycles. The second-order valence-electron chi connectivity index (χ2n) is 8.42. The molecule has 2 amide bonds. The lowest BCUT2D eigenvalue weighted by Crippen LogP contribution is -2.30. The average molecular weight is 449 g/mol. The number of nitrogens with one attached hydrogen (secondary N) is 2. The topological polar surface area (TPSA) is 84.5 Å². The van der Waals surface area contributed by atoms with Gasteiger partial charge in [-0.25, -0.2) is 0 Å². The summed E-state index contributed by atoms with van der Waals surface area (Å²) in [5.74, 6) is 0.170. The number of ketones is 1. The molecule has 1 heterocycles. The van der Waals surface area contributed by atoms with Crippen LogP contribution in [0.1, 0.15) is 57.1 Å². The molecule has 2 aromatic carbocycles. The molecule has 0 bridgehead atoms. The van der Waals surface area contributed by atoms with Gasteiger partial charge in [0, 0.05) is 30.6 Å². The minimum absolute atomic E-state index is 0.0694. The zero-order valence-corrected chi connectivity index (χ0v) is 19.4. The summed E-state index contributed by atoms with van der Waals surface area (Å²) in [6.07, 6.45) is 2.88. The van der Waals surface area contributed by atoms with Crippen LogP contribution in [0.4, 0.5) is 0 Å². The zero-order chi connectivity index (χ0) is 23.7. The Morgan fingerprint density at radius 2 is 1.39 bits per heavy atom. The number of carbonyl (C=O) groups excluding carboxylic acids is 3. The van der Waals surface area contributed by atoms with E-state index in [2.05, 4.69) is 10.6 Å². The van der Waals surface area contributed by atoms with Gasteiger partial charge in [0.05, 0.1) is 12.0 Å². The Balaban J connectivity index is 1.53. The van der Waals surface area contributed by atoms with E-state index < -0.39 is 5.60 Å². The maximum absolute atomic E-state index is 12.9. The first-order chi connectivity index (χ1) is 15.9. The van der Waals surface area contributed by atoms with Crippen LogP contribution >= 0.6 is 0 Å². The van der Waals surface area contributed by atoms with Crippen LogP contribution in [0, 0.1) is 0 Å². The highest BCUT2D eigenvalue weighted by Gasteiger charge is 2.44. The van der Waals surface area contributed by atoms with Crippen LogP contribution in [0.25, 0.3) is 0 Å². The molecular formula is C27H32N2O4. The molecule has 0 atom stereocenters. The summed E-state index contributed by atoms with van der Waals surface area (Å²) >= 11 is 0. The summed E-state index contributed by atoms with van der Waals surface area (Å²) < 4.78 is 6.42. The van der Waals surface area contributed by atoms with Crippen LogP contribution in [0.15, 0.2) is 72.0 Å². The average Bonchev–Trinajstić information content (AvgIpc) is 3.17. The second kappa shape index (κ2) is 11.5. The van der Waals surface area contributed by atoms with E-state index in [0.717, 1.165) is 30.4 Å².